The summed E-state index contributed by atoms with van der Waals surface area (Å²) in [7, 11) is 1.66. The number of benzene rings is 1. The van der Waals surface area contributed by atoms with Gasteiger partial charge >= 0.3 is 0 Å². The molecule has 1 aliphatic rings. The molecular formula is C18H21NO2S. The third-order valence-corrected chi connectivity index (χ3v) is 5.31. The van der Waals surface area contributed by atoms with E-state index in [1.807, 2.05) is 24.3 Å². The van der Waals surface area contributed by atoms with Gasteiger partial charge in [-0.15, -0.1) is 11.3 Å². The van der Waals surface area contributed by atoms with Crippen molar-refractivity contribution >= 4 is 17.2 Å². The molecule has 0 radical (unpaired) electrons. The Kier molecular flexibility index (Phi) is 4.78. The number of ether oxygens (including phenoxy) is 1. The number of methoxy groups -OCH3 is 1. The molecule has 0 saturated heterocycles. The van der Waals surface area contributed by atoms with E-state index >= 15 is 0 Å². The van der Waals surface area contributed by atoms with Crippen molar-refractivity contribution in [1.29, 1.82) is 0 Å². The van der Waals surface area contributed by atoms with Gasteiger partial charge in [0.05, 0.1) is 12.0 Å². The van der Waals surface area contributed by atoms with Gasteiger partial charge in [-0.25, -0.2) is 0 Å². The van der Waals surface area contributed by atoms with Crippen LogP contribution in [0.25, 0.3) is 0 Å². The van der Waals surface area contributed by atoms with E-state index in [4.69, 9.17) is 4.74 Å². The molecule has 0 unspecified atom stereocenters. The number of carbonyl (C=O) groups excluding carboxylic acids is 1. The maximum Gasteiger partial charge on any atom is 0.261 e. The third kappa shape index (κ3) is 3.50. The molecule has 1 aromatic heterocycles. The van der Waals surface area contributed by atoms with Gasteiger partial charge in [0.2, 0.25) is 0 Å². The van der Waals surface area contributed by atoms with E-state index in [-0.39, 0.29) is 5.91 Å². The van der Waals surface area contributed by atoms with Crippen molar-refractivity contribution in [3.05, 3.63) is 51.2 Å². The first-order valence-corrected chi connectivity index (χ1v) is 8.60. The van der Waals surface area contributed by atoms with Crippen LogP contribution in [0.15, 0.2) is 30.3 Å². The molecule has 3 nitrogen and oxygen atoms in total. The van der Waals surface area contributed by atoms with Gasteiger partial charge in [-0.05, 0) is 61.4 Å². The highest BCUT2D eigenvalue weighted by molar-refractivity contribution is 7.14. The second kappa shape index (κ2) is 6.97. The van der Waals surface area contributed by atoms with Crippen molar-refractivity contribution in [2.75, 3.05) is 13.7 Å². The number of hydrogen-bond acceptors (Lipinski definition) is 3. The summed E-state index contributed by atoms with van der Waals surface area (Å²) in [6.45, 7) is 0.660. The zero-order valence-electron chi connectivity index (χ0n) is 12.9. The Morgan fingerprint density at radius 3 is 2.73 bits per heavy atom. The predicted octanol–water partition coefficient (Wildman–Crippen LogP) is 3.61. The second-order valence-corrected chi connectivity index (χ2v) is 6.76. The van der Waals surface area contributed by atoms with Crippen LogP contribution in [-0.2, 0) is 19.3 Å². The van der Waals surface area contributed by atoms with Crippen molar-refractivity contribution in [3.63, 3.8) is 0 Å². The highest BCUT2D eigenvalue weighted by atomic mass is 32.1. The molecule has 0 atom stereocenters. The van der Waals surface area contributed by atoms with Crippen LogP contribution in [0.4, 0.5) is 0 Å². The largest absolute Gasteiger partial charge is 0.497 e. The van der Waals surface area contributed by atoms with Gasteiger partial charge < -0.3 is 10.1 Å². The van der Waals surface area contributed by atoms with Crippen LogP contribution in [0.3, 0.4) is 0 Å². The standard InChI is InChI=1S/C18H21NO2S/c1-21-15-8-6-13(7-9-15)10-11-19-18(20)17-12-14-4-2-3-5-16(14)22-17/h6-9,12H,2-5,10-11H2,1H3,(H,19,20). The molecule has 22 heavy (non-hydrogen) atoms. The highest BCUT2D eigenvalue weighted by Crippen LogP contribution is 2.29. The molecule has 0 saturated carbocycles. The predicted molar refractivity (Wildman–Crippen MR) is 90.0 cm³/mol. The number of fused-ring (bicyclic) bond motifs is 1. The van der Waals surface area contributed by atoms with Crippen molar-refractivity contribution in [3.8, 4) is 5.75 Å². The molecule has 4 heteroatoms. The molecule has 0 fully saturated rings. The molecule has 1 aromatic carbocycles. The Bertz CT molecular complexity index is 622. The third-order valence-electron chi connectivity index (χ3n) is 4.08. The number of rotatable bonds is 5. The molecule has 1 amide bonds. The summed E-state index contributed by atoms with van der Waals surface area (Å²) in [5.74, 6) is 0.921. The van der Waals surface area contributed by atoms with Gasteiger partial charge in [0.1, 0.15) is 5.75 Å². The average molecular weight is 315 g/mol. The monoisotopic (exact) mass is 315 g/mol. The number of thiophene rings is 1. The number of nitrogens with one attached hydrogen (secondary N) is 1. The minimum atomic E-state index is 0.0629. The van der Waals surface area contributed by atoms with E-state index in [9.17, 15) is 4.79 Å². The summed E-state index contributed by atoms with van der Waals surface area (Å²) in [6.07, 6.45) is 5.61. The van der Waals surface area contributed by atoms with E-state index in [0.717, 1.165) is 29.9 Å². The quantitative estimate of drug-likeness (QED) is 0.915. The lowest BCUT2D eigenvalue weighted by Gasteiger charge is -2.08. The van der Waals surface area contributed by atoms with Gasteiger partial charge in [-0.2, -0.15) is 0 Å². The number of aryl methyl sites for hydroxylation is 2. The Labute approximate surface area is 135 Å². The summed E-state index contributed by atoms with van der Waals surface area (Å²) in [6, 6.07) is 10.1. The lowest BCUT2D eigenvalue weighted by Crippen LogP contribution is -2.24. The molecule has 1 aliphatic carbocycles. The van der Waals surface area contributed by atoms with Crippen LogP contribution >= 0.6 is 11.3 Å². The Balaban J connectivity index is 1.52. The van der Waals surface area contributed by atoms with Crippen LogP contribution in [0, 0.1) is 0 Å². The average Bonchev–Trinajstić information content (AvgIpc) is 2.99. The fraction of sp³-hybridized carbons (Fsp3) is 0.389. The minimum Gasteiger partial charge on any atom is -0.497 e. The fourth-order valence-electron chi connectivity index (χ4n) is 2.80. The number of hydrogen-bond donors (Lipinski definition) is 1. The van der Waals surface area contributed by atoms with E-state index < -0.39 is 0 Å². The molecule has 116 valence electrons. The topological polar surface area (TPSA) is 38.3 Å². The first-order chi connectivity index (χ1) is 10.8. The van der Waals surface area contributed by atoms with Crippen molar-refractivity contribution in [2.24, 2.45) is 0 Å². The molecule has 3 rings (SSSR count). The molecule has 2 aromatic rings. The van der Waals surface area contributed by atoms with Gasteiger partial charge in [-0.1, -0.05) is 12.1 Å². The van der Waals surface area contributed by atoms with Crippen LogP contribution in [-0.4, -0.2) is 19.6 Å². The first kappa shape index (κ1) is 15.1. The van der Waals surface area contributed by atoms with E-state index in [2.05, 4.69) is 11.4 Å². The SMILES string of the molecule is COc1ccc(CCNC(=O)c2cc3c(s2)CCCC3)cc1. The summed E-state index contributed by atoms with van der Waals surface area (Å²) in [5.41, 5.74) is 2.59. The van der Waals surface area contributed by atoms with E-state index in [1.54, 1.807) is 18.4 Å². The van der Waals surface area contributed by atoms with Crippen LogP contribution in [0.1, 0.15) is 38.5 Å². The van der Waals surface area contributed by atoms with Gasteiger partial charge in [-0.3, -0.25) is 4.79 Å². The molecule has 0 spiro atoms. The Morgan fingerprint density at radius 2 is 2.00 bits per heavy atom. The molecular weight excluding hydrogens is 294 g/mol. The summed E-state index contributed by atoms with van der Waals surface area (Å²) < 4.78 is 5.14. The lowest BCUT2D eigenvalue weighted by molar-refractivity contribution is 0.0958. The maximum atomic E-state index is 12.2. The van der Waals surface area contributed by atoms with Gasteiger partial charge in [0.15, 0.2) is 0 Å². The number of amides is 1. The summed E-state index contributed by atoms with van der Waals surface area (Å²) >= 11 is 1.67. The first-order valence-electron chi connectivity index (χ1n) is 7.79. The zero-order chi connectivity index (χ0) is 15.4. The van der Waals surface area contributed by atoms with Crippen LogP contribution in [0.2, 0.25) is 0 Å². The van der Waals surface area contributed by atoms with Crippen molar-refractivity contribution in [1.82, 2.24) is 5.32 Å². The summed E-state index contributed by atoms with van der Waals surface area (Å²) in [5, 5.41) is 3.03. The maximum absolute atomic E-state index is 12.2. The molecule has 0 aliphatic heterocycles. The minimum absolute atomic E-state index is 0.0629. The Morgan fingerprint density at radius 1 is 1.23 bits per heavy atom. The summed E-state index contributed by atoms with van der Waals surface area (Å²) in [4.78, 5) is 14.5. The normalized spacial score (nSPS) is 13.5. The van der Waals surface area contributed by atoms with Crippen LogP contribution in [0.5, 0.6) is 5.75 Å². The molecule has 0 bridgehead atoms. The molecule has 1 heterocycles. The van der Waals surface area contributed by atoms with Crippen molar-refractivity contribution in [2.45, 2.75) is 32.1 Å². The number of carbonyl (C=O) groups is 1. The highest BCUT2D eigenvalue weighted by Gasteiger charge is 2.16. The molecule has 1 N–H and O–H groups in total. The Hall–Kier alpha value is -1.81. The van der Waals surface area contributed by atoms with Gasteiger partial charge in [0.25, 0.3) is 5.91 Å². The lowest BCUT2D eigenvalue weighted by atomic mass is 9.99. The second-order valence-electron chi connectivity index (χ2n) is 5.62. The smallest absolute Gasteiger partial charge is 0.261 e. The zero-order valence-corrected chi connectivity index (χ0v) is 13.7. The fourth-order valence-corrected chi connectivity index (χ4v) is 3.97. The van der Waals surface area contributed by atoms with Crippen molar-refractivity contribution < 1.29 is 9.53 Å². The van der Waals surface area contributed by atoms with E-state index in [1.165, 1.54) is 28.8 Å². The van der Waals surface area contributed by atoms with Crippen LogP contribution < -0.4 is 10.1 Å². The van der Waals surface area contributed by atoms with E-state index in [0.29, 0.717) is 6.54 Å². The van der Waals surface area contributed by atoms with Gasteiger partial charge in [0, 0.05) is 11.4 Å².